The van der Waals surface area contributed by atoms with Crippen LogP contribution in [0.3, 0.4) is 0 Å². The van der Waals surface area contributed by atoms with E-state index in [9.17, 15) is 23.9 Å². The third-order valence-electron chi connectivity index (χ3n) is 5.99. The lowest BCUT2D eigenvalue weighted by atomic mass is 10.0. The van der Waals surface area contributed by atoms with E-state index in [2.05, 4.69) is 16.0 Å². The number of likely N-dealkylation sites (tertiary alicyclic amines) is 1. The van der Waals surface area contributed by atoms with Crippen LogP contribution in [0.2, 0.25) is 0 Å². The molecule has 3 aromatic carbocycles. The number of nitrogens with zero attached hydrogens (tertiary/aromatic N) is 1. The molecule has 0 aliphatic carbocycles. The number of hydrogen-bond donors (Lipinski definition) is 4. The van der Waals surface area contributed by atoms with Crippen molar-refractivity contribution in [1.82, 2.24) is 15.5 Å². The summed E-state index contributed by atoms with van der Waals surface area (Å²) >= 11 is 0. The van der Waals surface area contributed by atoms with Gasteiger partial charge in [0.25, 0.3) is 5.91 Å². The maximum absolute atomic E-state index is 13.1. The largest absolute Gasteiger partial charge is 0.508 e. The van der Waals surface area contributed by atoms with Crippen molar-refractivity contribution < 1.29 is 23.9 Å². The van der Waals surface area contributed by atoms with E-state index in [-0.39, 0.29) is 35.8 Å². The first kappa shape index (κ1) is 24.7. The van der Waals surface area contributed by atoms with Crippen molar-refractivity contribution in [3.63, 3.8) is 0 Å². The molecule has 0 saturated carbocycles. The SMILES string of the molecule is O=C(Nc1ccc(F)cc1)NC1CCN(C(=O)CC(NC(=O)c2ccc(O)cc2)c2ccccc2)C1. The lowest BCUT2D eigenvalue weighted by Crippen LogP contribution is -2.41. The Balaban J connectivity index is 1.35. The topological polar surface area (TPSA) is 111 Å². The quantitative estimate of drug-likeness (QED) is 0.404. The Morgan fingerprint density at radius 1 is 0.972 bits per heavy atom. The van der Waals surface area contributed by atoms with E-state index in [1.165, 1.54) is 48.5 Å². The summed E-state index contributed by atoms with van der Waals surface area (Å²) < 4.78 is 13.0. The molecule has 1 fully saturated rings. The molecule has 1 aliphatic rings. The molecule has 0 radical (unpaired) electrons. The van der Waals surface area contributed by atoms with E-state index in [4.69, 9.17) is 0 Å². The standard InChI is InChI=1S/C27H27FN4O4/c28-20-8-10-21(11-9-20)29-27(36)30-22-14-15-32(17-22)25(34)16-24(18-4-2-1-3-5-18)31-26(35)19-6-12-23(33)13-7-19/h1-13,22,24,33H,14-17H2,(H,31,35)(H2,29,30,36). The highest BCUT2D eigenvalue weighted by molar-refractivity contribution is 5.95. The Bertz CT molecular complexity index is 1200. The van der Waals surface area contributed by atoms with E-state index < -0.39 is 12.1 Å². The maximum atomic E-state index is 13.1. The van der Waals surface area contributed by atoms with E-state index in [1.807, 2.05) is 30.3 Å². The van der Waals surface area contributed by atoms with Gasteiger partial charge in [0.1, 0.15) is 11.6 Å². The zero-order valence-electron chi connectivity index (χ0n) is 19.5. The Hall–Kier alpha value is -4.40. The van der Waals surface area contributed by atoms with Crippen LogP contribution in [0.25, 0.3) is 0 Å². The third-order valence-corrected chi connectivity index (χ3v) is 5.99. The molecule has 1 saturated heterocycles. The van der Waals surface area contributed by atoms with E-state index >= 15 is 0 Å². The summed E-state index contributed by atoms with van der Waals surface area (Å²) in [7, 11) is 0. The van der Waals surface area contributed by atoms with Gasteiger partial charge in [0.15, 0.2) is 0 Å². The molecule has 0 aromatic heterocycles. The first-order valence-corrected chi connectivity index (χ1v) is 11.6. The van der Waals surface area contributed by atoms with Gasteiger partial charge in [-0.25, -0.2) is 9.18 Å². The predicted octanol–water partition coefficient (Wildman–Crippen LogP) is 3.82. The second-order valence-electron chi connectivity index (χ2n) is 8.62. The number of phenolic OH excluding ortho intramolecular Hbond substituents is 1. The average Bonchev–Trinajstić information content (AvgIpc) is 3.34. The smallest absolute Gasteiger partial charge is 0.319 e. The fraction of sp³-hybridized carbons (Fsp3) is 0.222. The molecule has 1 heterocycles. The number of carbonyl (C=O) groups is 3. The molecule has 3 aromatic rings. The van der Waals surface area contributed by atoms with Gasteiger partial charge in [0.05, 0.1) is 12.5 Å². The third kappa shape index (κ3) is 6.59. The van der Waals surface area contributed by atoms with Gasteiger partial charge in [-0.1, -0.05) is 30.3 Å². The van der Waals surface area contributed by atoms with Crippen LogP contribution in [-0.4, -0.2) is 47.0 Å². The van der Waals surface area contributed by atoms with Crippen LogP contribution in [-0.2, 0) is 4.79 Å². The number of halogens is 1. The van der Waals surface area contributed by atoms with Crippen molar-refractivity contribution in [2.24, 2.45) is 0 Å². The average molecular weight is 491 g/mol. The van der Waals surface area contributed by atoms with Gasteiger partial charge >= 0.3 is 6.03 Å². The molecule has 36 heavy (non-hydrogen) atoms. The molecule has 4 N–H and O–H groups in total. The molecular weight excluding hydrogens is 463 g/mol. The number of amides is 4. The Morgan fingerprint density at radius 2 is 1.67 bits per heavy atom. The van der Waals surface area contributed by atoms with Gasteiger partial charge in [-0.3, -0.25) is 9.59 Å². The van der Waals surface area contributed by atoms with Gasteiger partial charge < -0.3 is 26.0 Å². The Labute approximate surface area is 208 Å². The van der Waals surface area contributed by atoms with Crippen molar-refractivity contribution in [2.45, 2.75) is 24.9 Å². The molecule has 4 rings (SSSR count). The van der Waals surface area contributed by atoms with Gasteiger partial charge in [0, 0.05) is 30.4 Å². The number of nitrogens with one attached hydrogen (secondary N) is 3. The number of aromatic hydroxyl groups is 1. The number of rotatable bonds is 7. The van der Waals surface area contributed by atoms with Gasteiger partial charge in [0.2, 0.25) is 5.91 Å². The van der Waals surface area contributed by atoms with Crippen molar-refractivity contribution in [2.75, 3.05) is 18.4 Å². The van der Waals surface area contributed by atoms with Crippen molar-refractivity contribution >= 4 is 23.5 Å². The number of carbonyl (C=O) groups excluding carboxylic acids is 3. The zero-order chi connectivity index (χ0) is 25.5. The summed E-state index contributed by atoms with van der Waals surface area (Å²) in [6, 6.07) is 19.4. The van der Waals surface area contributed by atoms with Crippen molar-refractivity contribution in [3.8, 4) is 5.75 Å². The Morgan fingerprint density at radius 3 is 2.36 bits per heavy atom. The first-order chi connectivity index (χ1) is 17.4. The molecule has 9 heteroatoms. The zero-order valence-corrected chi connectivity index (χ0v) is 19.5. The molecule has 0 spiro atoms. The minimum Gasteiger partial charge on any atom is -0.508 e. The molecular formula is C27H27FN4O4. The Kier molecular flexibility index (Phi) is 7.79. The fourth-order valence-electron chi connectivity index (χ4n) is 4.09. The molecule has 2 atom stereocenters. The highest BCUT2D eigenvalue weighted by atomic mass is 19.1. The molecule has 8 nitrogen and oxygen atoms in total. The van der Waals surface area contributed by atoms with Crippen molar-refractivity contribution in [3.05, 3.63) is 95.8 Å². The number of benzene rings is 3. The summed E-state index contributed by atoms with van der Waals surface area (Å²) in [6.07, 6.45) is 0.654. The van der Waals surface area contributed by atoms with Crippen LogP contribution >= 0.6 is 0 Å². The van der Waals surface area contributed by atoms with Crippen LogP contribution in [0.15, 0.2) is 78.9 Å². The second-order valence-corrected chi connectivity index (χ2v) is 8.62. The summed E-state index contributed by atoms with van der Waals surface area (Å²) in [4.78, 5) is 39.9. The van der Waals surface area contributed by atoms with Gasteiger partial charge in [-0.05, 0) is 60.5 Å². The first-order valence-electron chi connectivity index (χ1n) is 11.6. The van der Waals surface area contributed by atoms with E-state index in [0.717, 1.165) is 5.56 Å². The normalized spacial score (nSPS) is 15.7. The monoisotopic (exact) mass is 490 g/mol. The van der Waals surface area contributed by atoms with Crippen molar-refractivity contribution in [1.29, 1.82) is 0 Å². The van der Waals surface area contributed by atoms with E-state index in [1.54, 1.807) is 4.90 Å². The van der Waals surface area contributed by atoms with Gasteiger partial charge in [-0.15, -0.1) is 0 Å². The molecule has 0 bridgehead atoms. The number of phenols is 1. The highest BCUT2D eigenvalue weighted by Gasteiger charge is 2.29. The molecule has 2 unspecified atom stereocenters. The predicted molar refractivity (Wildman–Crippen MR) is 133 cm³/mol. The summed E-state index contributed by atoms with van der Waals surface area (Å²) in [5, 5.41) is 17.9. The molecule has 4 amide bonds. The maximum Gasteiger partial charge on any atom is 0.319 e. The highest BCUT2D eigenvalue weighted by Crippen LogP contribution is 2.21. The second kappa shape index (κ2) is 11.4. The number of hydrogen-bond acceptors (Lipinski definition) is 4. The van der Waals surface area contributed by atoms with E-state index in [0.29, 0.717) is 30.8 Å². The van der Waals surface area contributed by atoms with Gasteiger partial charge in [-0.2, -0.15) is 0 Å². The summed E-state index contributed by atoms with van der Waals surface area (Å²) in [6.45, 7) is 0.830. The van der Waals surface area contributed by atoms with Crippen LogP contribution in [0.5, 0.6) is 5.75 Å². The van der Waals surface area contributed by atoms with Crippen LogP contribution in [0.1, 0.15) is 34.8 Å². The minimum absolute atomic E-state index is 0.0579. The minimum atomic E-state index is -0.547. The molecule has 1 aliphatic heterocycles. The summed E-state index contributed by atoms with van der Waals surface area (Å²) in [5.74, 6) is -0.822. The fourth-order valence-corrected chi connectivity index (χ4v) is 4.09. The van der Waals surface area contributed by atoms with Crippen LogP contribution in [0.4, 0.5) is 14.9 Å². The number of anilines is 1. The lowest BCUT2D eigenvalue weighted by Gasteiger charge is -2.23. The summed E-state index contributed by atoms with van der Waals surface area (Å²) in [5.41, 5.74) is 1.64. The van der Waals surface area contributed by atoms with Crippen LogP contribution in [0, 0.1) is 5.82 Å². The lowest BCUT2D eigenvalue weighted by molar-refractivity contribution is -0.130. The number of urea groups is 1. The molecule has 186 valence electrons. The van der Waals surface area contributed by atoms with Crippen LogP contribution < -0.4 is 16.0 Å².